The lowest BCUT2D eigenvalue weighted by molar-refractivity contribution is 1.18. The summed E-state index contributed by atoms with van der Waals surface area (Å²) in [5.41, 5.74) is 9.83. The topological polar surface area (TPSA) is 38.7 Å². The van der Waals surface area contributed by atoms with Gasteiger partial charge in [-0.15, -0.1) is 12.6 Å². The second-order valence-corrected chi connectivity index (χ2v) is 13.5. The molecule has 0 aliphatic heterocycles. The maximum atomic E-state index is 5.26. The van der Waals surface area contributed by atoms with E-state index in [9.17, 15) is 0 Å². The van der Waals surface area contributed by atoms with Gasteiger partial charge < -0.3 is 0 Å². The number of thiol groups is 1. The summed E-state index contributed by atoms with van der Waals surface area (Å²) in [6.07, 6.45) is 0. The number of nitrogens with zero attached hydrogens (tertiary/aromatic N) is 3. The Labute approximate surface area is 300 Å². The van der Waals surface area contributed by atoms with E-state index in [1.807, 2.05) is 30.3 Å². The molecule has 0 N–H and O–H groups in total. The summed E-state index contributed by atoms with van der Waals surface area (Å²) >= 11 is 4.81. The molecule has 8 aromatic carbocycles. The van der Waals surface area contributed by atoms with E-state index < -0.39 is 0 Å². The molecule has 0 spiro atoms. The van der Waals surface area contributed by atoms with Crippen LogP contribution in [0.4, 0.5) is 0 Å². The van der Waals surface area contributed by atoms with E-state index in [0.29, 0.717) is 5.82 Å². The normalized spacial score (nSPS) is 11.6. The second-order valence-electron chi connectivity index (χ2n) is 13.0. The first kappa shape index (κ1) is 29.5. The highest BCUT2D eigenvalue weighted by atomic mass is 32.1. The predicted octanol–water partition coefficient (Wildman–Crippen LogP) is 12.5. The fourth-order valence-electron chi connectivity index (χ4n) is 7.45. The van der Waals surface area contributed by atoms with Gasteiger partial charge in [-0.1, -0.05) is 146 Å². The highest BCUT2D eigenvalue weighted by Gasteiger charge is 2.17. The molecule has 2 aromatic heterocycles. The van der Waals surface area contributed by atoms with Crippen LogP contribution in [0.15, 0.2) is 175 Å². The average molecular weight is 668 g/mol. The van der Waals surface area contributed by atoms with Crippen molar-refractivity contribution in [2.24, 2.45) is 0 Å². The molecule has 0 amide bonds. The van der Waals surface area contributed by atoms with E-state index >= 15 is 0 Å². The first-order chi connectivity index (χ1) is 25.2. The van der Waals surface area contributed by atoms with E-state index in [-0.39, 0.29) is 0 Å². The highest BCUT2D eigenvalue weighted by Crippen LogP contribution is 2.41. The lowest BCUT2D eigenvalue weighted by atomic mass is 9.91. The lowest BCUT2D eigenvalue weighted by Gasteiger charge is -2.15. The number of fused-ring (bicyclic) bond motifs is 1. The molecule has 4 heteroatoms. The minimum atomic E-state index is 0.677. The van der Waals surface area contributed by atoms with Crippen molar-refractivity contribution in [1.82, 2.24) is 15.0 Å². The van der Waals surface area contributed by atoms with Crippen molar-refractivity contribution in [1.29, 1.82) is 0 Å². The molecule has 0 saturated carbocycles. The zero-order valence-electron chi connectivity index (χ0n) is 27.5. The maximum Gasteiger partial charge on any atom is 0.160 e. The van der Waals surface area contributed by atoms with Gasteiger partial charge >= 0.3 is 0 Å². The van der Waals surface area contributed by atoms with Gasteiger partial charge in [0.25, 0.3) is 0 Å². The Hall–Kier alpha value is -6.36. The molecular weight excluding hydrogens is 639 g/mol. The quantitative estimate of drug-likeness (QED) is 0.147. The van der Waals surface area contributed by atoms with E-state index in [1.165, 1.54) is 32.3 Å². The maximum absolute atomic E-state index is 5.26. The van der Waals surface area contributed by atoms with Gasteiger partial charge in [-0.3, -0.25) is 0 Å². The summed E-state index contributed by atoms with van der Waals surface area (Å²) in [7, 11) is 0. The van der Waals surface area contributed by atoms with Crippen LogP contribution in [0.25, 0.3) is 99.5 Å². The van der Waals surface area contributed by atoms with Crippen molar-refractivity contribution < 1.29 is 0 Å². The monoisotopic (exact) mass is 667 g/mol. The average Bonchev–Trinajstić information content (AvgIpc) is 3.20. The molecule has 0 aliphatic rings. The molecule has 0 unspecified atom stereocenters. The number of hydrogen-bond acceptors (Lipinski definition) is 4. The summed E-state index contributed by atoms with van der Waals surface area (Å²) < 4.78 is 0. The minimum absolute atomic E-state index is 0.677. The predicted molar refractivity (Wildman–Crippen MR) is 215 cm³/mol. The molecule has 0 aliphatic carbocycles. The SMILES string of the molecule is Sc1ccccc1-c1cc2ccccc2nc1-c1ccc(-c2nc(-c3ccccc3)cc(-c3ccc4ccc5cccc6ccc3c4c56)n2)cc1. The van der Waals surface area contributed by atoms with Crippen LogP contribution in [0.5, 0.6) is 0 Å². The Morgan fingerprint density at radius 3 is 1.84 bits per heavy atom. The van der Waals surface area contributed by atoms with Gasteiger partial charge in [-0.2, -0.15) is 0 Å². The number of pyridine rings is 1. The van der Waals surface area contributed by atoms with Crippen LogP contribution in [0.3, 0.4) is 0 Å². The Bertz CT molecular complexity index is 2900. The third kappa shape index (κ3) is 5.03. The van der Waals surface area contributed by atoms with Crippen molar-refractivity contribution in [3.05, 3.63) is 170 Å². The molecule has 10 aromatic rings. The van der Waals surface area contributed by atoms with Crippen molar-refractivity contribution in [3.8, 4) is 56.3 Å². The molecule has 0 radical (unpaired) electrons. The van der Waals surface area contributed by atoms with Crippen LogP contribution < -0.4 is 0 Å². The third-order valence-electron chi connectivity index (χ3n) is 9.94. The number of para-hydroxylation sites is 1. The summed E-state index contributed by atoms with van der Waals surface area (Å²) in [6, 6.07) is 59.5. The van der Waals surface area contributed by atoms with Crippen LogP contribution in [-0.4, -0.2) is 15.0 Å². The standard InChI is InChI=1S/C47H29N3S/c51-43-16-7-5-14-37(43)39-27-35-11-4-6-15-40(35)48-46(39)33-19-21-34(22-20-33)47-49-41(29-9-2-1-3-10-29)28-42(50-47)36-25-23-32-18-17-30-12-8-13-31-24-26-38(36)45(32)44(30)31/h1-28,51H. The molecular formula is C47H29N3S. The van der Waals surface area contributed by atoms with Gasteiger partial charge in [0.15, 0.2) is 5.82 Å². The van der Waals surface area contributed by atoms with Crippen LogP contribution in [-0.2, 0) is 0 Å². The van der Waals surface area contributed by atoms with Crippen LogP contribution in [0.2, 0.25) is 0 Å². The fourth-order valence-corrected chi connectivity index (χ4v) is 7.73. The molecule has 0 bridgehead atoms. The van der Waals surface area contributed by atoms with E-state index in [2.05, 4.69) is 140 Å². The number of benzene rings is 8. The summed E-state index contributed by atoms with van der Waals surface area (Å²) in [4.78, 5) is 16.5. The summed E-state index contributed by atoms with van der Waals surface area (Å²) in [5.74, 6) is 0.677. The number of hydrogen-bond donors (Lipinski definition) is 1. The van der Waals surface area contributed by atoms with Crippen molar-refractivity contribution >= 4 is 55.8 Å². The first-order valence-corrected chi connectivity index (χ1v) is 17.5. The van der Waals surface area contributed by atoms with Crippen molar-refractivity contribution in [2.75, 3.05) is 0 Å². The third-order valence-corrected chi connectivity index (χ3v) is 10.3. The van der Waals surface area contributed by atoms with Crippen LogP contribution in [0, 0.1) is 0 Å². The Morgan fingerprint density at radius 2 is 1.02 bits per heavy atom. The van der Waals surface area contributed by atoms with Gasteiger partial charge in [0.05, 0.1) is 22.6 Å². The van der Waals surface area contributed by atoms with Crippen LogP contribution in [0.1, 0.15) is 0 Å². The highest BCUT2D eigenvalue weighted by molar-refractivity contribution is 7.80. The fraction of sp³-hybridized carbons (Fsp3) is 0. The molecule has 10 rings (SSSR count). The smallest absolute Gasteiger partial charge is 0.160 e. The van der Waals surface area contributed by atoms with Gasteiger partial charge in [-0.05, 0) is 62.1 Å². The zero-order chi connectivity index (χ0) is 33.9. The largest absolute Gasteiger partial charge is 0.247 e. The van der Waals surface area contributed by atoms with E-state index in [4.69, 9.17) is 27.6 Å². The van der Waals surface area contributed by atoms with E-state index in [0.717, 1.165) is 66.3 Å². The lowest BCUT2D eigenvalue weighted by Crippen LogP contribution is -1.97. The first-order valence-electron chi connectivity index (χ1n) is 17.1. The Kier molecular flexibility index (Phi) is 6.90. The van der Waals surface area contributed by atoms with Gasteiger partial charge in [0, 0.05) is 38.1 Å². The Balaban J connectivity index is 1.14. The molecule has 0 saturated heterocycles. The molecule has 238 valence electrons. The van der Waals surface area contributed by atoms with Gasteiger partial charge in [-0.25, -0.2) is 15.0 Å². The molecule has 0 fully saturated rings. The number of rotatable bonds is 5. The Morgan fingerprint density at radius 1 is 0.373 bits per heavy atom. The van der Waals surface area contributed by atoms with Crippen molar-refractivity contribution in [2.45, 2.75) is 4.90 Å². The zero-order valence-corrected chi connectivity index (χ0v) is 28.3. The molecule has 3 nitrogen and oxygen atoms in total. The number of aromatic nitrogens is 3. The van der Waals surface area contributed by atoms with Gasteiger partial charge in [0.2, 0.25) is 0 Å². The van der Waals surface area contributed by atoms with E-state index in [1.54, 1.807) is 0 Å². The molecule has 2 heterocycles. The van der Waals surface area contributed by atoms with Crippen LogP contribution >= 0.6 is 12.6 Å². The molecule has 0 atom stereocenters. The molecule has 51 heavy (non-hydrogen) atoms. The summed E-state index contributed by atoms with van der Waals surface area (Å²) in [6.45, 7) is 0. The second kappa shape index (κ2) is 11.9. The van der Waals surface area contributed by atoms with Gasteiger partial charge in [0.1, 0.15) is 0 Å². The minimum Gasteiger partial charge on any atom is -0.247 e. The van der Waals surface area contributed by atoms with Crippen molar-refractivity contribution in [3.63, 3.8) is 0 Å². The summed E-state index contributed by atoms with van der Waals surface area (Å²) in [5, 5.41) is 8.58.